The quantitative estimate of drug-likeness (QED) is 0.838. The number of nitrogens with one attached hydrogen (secondary N) is 2. The molecule has 2 unspecified atom stereocenters. The Bertz CT molecular complexity index is 499. The maximum absolute atomic E-state index is 12.6. The topological polar surface area (TPSA) is 50.4 Å². The molecule has 1 aliphatic carbocycles. The van der Waals surface area contributed by atoms with Crippen LogP contribution in [0, 0.1) is 5.92 Å². The van der Waals surface area contributed by atoms with Gasteiger partial charge in [0.25, 0.3) is 5.91 Å². The van der Waals surface area contributed by atoms with E-state index in [1.54, 1.807) is 0 Å². The summed E-state index contributed by atoms with van der Waals surface area (Å²) in [6.07, 6.45) is 4.53. The second-order valence-electron chi connectivity index (χ2n) is 6.05. The van der Waals surface area contributed by atoms with Gasteiger partial charge < -0.3 is 15.4 Å². The highest BCUT2D eigenvalue weighted by Gasteiger charge is 2.41. The smallest absolute Gasteiger partial charge is 0.251 e. The van der Waals surface area contributed by atoms with Gasteiger partial charge in [-0.25, -0.2) is 0 Å². The van der Waals surface area contributed by atoms with Crippen LogP contribution in [0.15, 0.2) is 24.3 Å². The minimum Gasteiger partial charge on any atom is -0.376 e. The third-order valence-corrected chi connectivity index (χ3v) is 4.45. The Morgan fingerprint density at radius 1 is 1.29 bits per heavy atom. The van der Waals surface area contributed by atoms with E-state index in [2.05, 4.69) is 10.6 Å². The molecule has 0 aromatic heterocycles. The summed E-state index contributed by atoms with van der Waals surface area (Å²) in [5, 5.41) is 6.33. The molecule has 1 heterocycles. The van der Waals surface area contributed by atoms with E-state index >= 15 is 0 Å². The van der Waals surface area contributed by atoms with Crippen LogP contribution in [-0.4, -0.2) is 38.3 Å². The van der Waals surface area contributed by atoms with Gasteiger partial charge in [0.2, 0.25) is 0 Å². The number of hydrogen-bond donors (Lipinski definition) is 2. The summed E-state index contributed by atoms with van der Waals surface area (Å²) >= 11 is 0. The monoisotopic (exact) mass is 288 g/mol. The highest BCUT2D eigenvalue weighted by atomic mass is 16.5. The van der Waals surface area contributed by atoms with Crippen molar-refractivity contribution in [1.82, 2.24) is 10.6 Å². The Labute approximate surface area is 126 Å². The van der Waals surface area contributed by atoms with E-state index in [1.807, 2.05) is 31.3 Å². The van der Waals surface area contributed by atoms with Gasteiger partial charge >= 0.3 is 0 Å². The number of carbonyl (C=O) groups excluding carboxylic acids is 1. The molecule has 2 aliphatic rings. The number of carbonyl (C=O) groups is 1. The van der Waals surface area contributed by atoms with Crippen molar-refractivity contribution in [2.45, 2.75) is 37.8 Å². The number of rotatable bonds is 6. The van der Waals surface area contributed by atoms with E-state index in [4.69, 9.17) is 4.74 Å². The van der Waals surface area contributed by atoms with Crippen molar-refractivity contribution in [3.8, 4) is 0 Å². The highest BCUT2D eigenvalue weighted by molar-refractivity contribution is 5.95. The summed E-state index contributed by atoms with van der Waals surface area (Å²) in [7, 11) is 1.93. The van der Waals surface area contributed by atoms with Crippen molar-refractivity contribution in [3.63, 3.8) is 0 Å². The first-order valence-corrected chi connectivity index (χ1v) is 7.94. The number of likely N-dealkylation sites (N-methyl/N-ethyl adjacent to an activating group) is 1. The van der Waals surface area contributed by atoms with E-state index in [-0.39, 0.29) is 18.1 Å². The van der Waals surface area contributed by atoms with Crippen molar-refractivity contribution in [1.29, 1.82) is 0 Å². The van der Waals surface area contributed by atoms with Gasteiger partial charge in [0.15, 0.2) is 0 Å². The molecule has 21 heavy (non-hydrogen) atoms. The van der Waals surface area contributed by atoms with Gasteiger partial charge in [-0.2, -0.15) is 0 Å². The number of hydrogen-bond acceptors (Lipinski definition) is 3. The second kappa shape index (κ2) is 6.58. The molecular weight excluding hydrogens is 264 g/mol. The molecule has 1 aromatic rings. The summed E-state index contributed by atoms with van der Waals surface area (Å²) in [5.74, 6) is 0.709. The van der Waals surface area contributed by atoms with Gasteiger partial charge in [-0.05, 0) is 56.8 Å². The summed E-state index contributed by atoms with van der Waals surface area (Å²) in [5.41, 5.74) is 1.90. The van der Waals surface area contributed by atoms with Crippen molar-refractivity contribution in [3.05, 3.63) is 35.4 Å². The number of ether oxygens (including phenoxy) is 1. The lowest BCUT2D eigenvalue weighted by Gasteiger charge is -2.20. The fourth-order valence-electron chi connectivity index (χ4n) is 3.12. The fraction of sp³-hybridized carbons (Fsp3) is 0.588. The van der Waals surface area contributed by atoms with Crippen molar-refractivity contribution < 1.29 is 9.53 Å². The first-order chi connectivity index (χ1) is 10.3. The predicted molar refractivity (Wildman–Crippen MR) is 82.4 cm³/mol. The lowest BCUT2D eigenvalue weighted by Crippen LogP contribution is -2.41. The molecule has 114 valence electrons. The molecule has 0 bridgehead atoms. The van der Waals surface area contributed by atoms with Crippen LogP contribution in [0.4, 0.5) is 0 Å². The third kappa shape index (κ3) is 3.44. The van der Waals surface area contributed by atoms with Crippen LogP contribution in [0.2, 0.25) is 0 Å². The average molecular weight is 288 g/mol. The summed E-state index contributed by atoms with van der Waals surface area (Å²) in [4.78, 5) is 12.6. The minimum absolute atomic E-state index is 0.0443. The van der Waals surface area contributed by atoms with Crippen LogP contribution in [0.5, 0.6) is 0 Å². The fourth-order valence-corrected chi connectivity index (χ4v) is 3.12. The lowest BCUT2D eigenvalue weighted by atomic mass is 10.0. The third-order valence-electron chi connectivity index (χ3n) is 4.45. The molecule has 2 atom stereocenters. The molecule has 4 heteroatoms. The maximum atomic E-state index is 12.6. The van der Waals surface area contributed by atoms with Gasteiger partial charge in [0.05, 0.1) is 12.1 Å². The van der Waals surface area contributed by atoms with Crippen LogP contribution in [-0.2, 0) is 11.2 Å². The highest BCUT2D eigenvalue weighted by Crippen LogP contribution is 2.38. The molecule has 1 saturated carbocycles. The molecule has 0 radical (unpaired) electrons. The van der Waals surface area contributed by atoms with Crippen LogP contribution < -0.4 is 10.6 Å². The average Bonchev–Trinajstić information content (AvgIpc) is 3.25. The van der Waals surface area contributed by atoms with Gasteiger partial charge in [-0.15, -0.1) is 0 Å². The second-order valence-corrected chi connectivity index (χ2v) is 6.05. The SMILES string of the molecule is CNCCc1ccccc1C(=O)NC1CCOC1C1CC1. The Kier molecular flexibility index (Phi) is 4.56. The van der Waals surface area contributed by atoms with Crippen molar-refractivity contribution in [2.75, 3.05) is 20.2 Å². The van der Waals surface area contributed by atoms with E-state index in [0.29, 0.717) is 5.92 Å². The molecule has 3 rings (SSSR count). The maximum Gasteiger partial charge on any atom is 0.251 e. The minimum atomic E-state index is 0.0443. The van der Waals surface area contributed by atoms with Gasteiger partial charge in [-0.1, -0.05) is 18.2 Å². The predicted octanol–water partition coefficient (Wildman–Crippen LogP) is 1.75. The van der Waals surface area contributed by atoms with E-state index in [0.717, 1.165) is 37.1 Å². The zero-order valence-electron chi connectivity index (χ0n) is 12.6. The summed E-state index contributed by atoms with van der Waals surface area (Å²) in [6, 6.07) is 8.06. The number of amides is 1. The Morgan fingerprint density at radius 2 is 2.10 bits per heavy atom. The molecule has 2 fully saturated rings. The molecule has 1 aliphatic heterocycles. The van der Waals surface area contributed by atoms with Crippen LogP contribution >= 0.6 is 0 Å². The summed E-state index contributed by atoms with van der Waals surface area (Å²) in [6.45, 7) is 1.65. The molecule has 1 saturated heterocycles. The zero-order chi connectivity index (χ0) is 14.7. The van der Waals surface area contributed by atoms with Crippen molar-refractivity contribution in [2.24, 2.45) is 5.92 Å². The largest absolute Gasteiger partial charge is 0.376 e. The first kappa shape index (κ1) is 14.5. The van der Waals surface area contributed by atoms with Crippen LogP contribution in [0.1, 0.15) is 35.2 Å². The van der Waals surface area contributed by atoms with Crippen LogP contribution in [0.25, 0.3) is 0 Å². The van der Waals surface area contributed by atoms with E-state index in [1.165, 1.54) is 12.8 Å². The molecular formula is C17H24N2O2. The molecule has 1 aromatic carbocycles. The van der Waals surface area contributed by atoms with E-state index < -0.39 is 0 Å². The standard InChI is InChI=1S/C17H24N2O2/c1-18-10-8-12-4-2-3-5-14(12)17(20)19-15-9-11-21-16(15)13-6-7-13/h2-5,13,15-16,18H,6-11H2,1H3,(H,19,20). The lowest BCUT2D eigenvalue weighted by molar-refractivity contribution is 0.0729. The molecule has 0 spiro atoms. The number of benzene rings is 1. The van der Waals surface area contributed by atoms with Gasteiger partial charge in [0.1, 0.15) is 0 Å². The summed E-state index contributed by atoms with van der Waals surface area (Å²) < 4.78 is 5.80. The van der Waals surface area contributed by atoms with E-state index in [9.17, 15) is 4.79 Å². The van der Waals surface area contributed by atoms with Gasteiger partial charge in [0, 0.05) is 12.2 Å². The first-order valence-electron chi connectivity index (χ1n) is 7.94. The van der Waals surface area contributed by atoms with Crippen molar-refractivity contribution >= 4 is 5.91 Å². The molecule has 2 N–H and O–H groups in total. The molecule has 1 amide bonds. The van der Waals surface area contributed by atoms with Crippen LogP contribution in [0.3, 0.4) is 0 Å². The Balaban J connectivity index is 1.67. The normalized spacial score (nSPS) is 25.0. The van der Waals surface area contributed by atoms with Gasteiger partial charge in [-0.3, -0.25) is 4.79 Å². The molecule has 4 nitrogen and oxygen atoms in total. The zero-order valence-corrected chi connectivity index (χ0v) is 12.6. The Hall–Kier alpha value is -1.39. The Morgan fingerprint density at radius 3 is 2.86 bits per heavy atom.